The van der Waals surface area contributed by atoms with Gasteiger partial charge in [-0.2, -0.15) is 4.31 Å². The van der Waals surface area contributed by atoms with Crippen LogP contribution in [0, 0.1) is 0 Å². The Hall–Kier alpha value is -1.02. The van der Waals surface area contributed by atoms with Gasteiger partial charge in [0.15, 0.2) is 0 Å². The maximum absolute atomic E-state index is 12.3. The molecule has 1 aromatic carbocycles. The first-order valence-corrected chi connectivity index (χ1v) is 8.06. The SMILES string of the molecule is CN(C)CCN(C)S(=O)(=O)c1ccc(CC(N)=S)cc1. The lowest BCUT2D eigenvalue weighted by molar-refractivity contribution is 0.358. The van der Waals surface area contributed by atoms with Gasteiger partial charge < -0.3 is 10.6 Å². The maximum atomic E-state index is 12.3. The van der Waals surface area contributed by atoms with Crippen molar-refractivity contribution in [3.05, 3.63) is 29.8 Å². The molecular formula is C13H21N3O2S2. The average Bonchev–Trinajstić information content (AvgIpc) is 2.35. The van der Waals surface area contributed by atoms with E-state index >= 15 is 0 Å². The molecule has 7 heteroatoms. The third kappa shape index (κ3) is 4.82. The van der Waals surface area contributed by atoms with Gasteiger partial charge in [0, 0.05) is 26.6 Å². The van der Waals surface area contributed by atoms with Crippen molar-refractivity contribution < 1.29 is 8.42 Å². The Bertz CT molecular complexity index is 553. The number of hydrogen-bond acceptors (Lipinski definition) is 4. The van der Waals surface area contributed by atoms with Gasteiger partial charge in [-0.1, -0.05) is 24.4 Å². The molecule has 0 aliphatic carbocycles. The summed E-state index contributed by atoms with van der Waals surface area (Å²) >= 11 is 4.83. The average molecular weight is 315 g/mol. The molecule has 112 valence electrons. The van der Waals surface area contributed by atoms with Crippen LogP contribution in [0.25, 0.3) is 0 Å². The highest BCUT2D eigenvalue weighted by Crippen LogP contribution is 2.15. The predicted octanol–water partition coefficient (Wildman–Crippen LogP) is 0.697. The van der Waals surface area contributed by atoms with Crippen molar-refractivity contribution in [3.63, 3.8) is 0 Å². The number of hydrogen-bond donors (Lipinski definition) is 1. The smallest absolute Gasteiger partial charge is 0.242 e. The molecule has 0 amide bonds. The first-order chi connectivity index (χ1) is 9.23. The number of nitrogens with two attached hydrogens (primary N) is 1. The molecule has 0 radical (unpaired) electrons. The monoisotopic (exact) mass is 315 g/mol. The molecule has 0 spiro atoms. The Labute approximate surface area is 126 Å². The summed E-state index contributed by atoms with van der Waals surface area (Å²) in [6.45, 7) is 1.12. The van der Waals surface area contributed by atoms with Gasteiger partial charge in [0.2, 0.25) is 10.0 Å². The van der Waals surface area contributed by atoms with Crippen LogP contribution in [0.15, 0.2) is 29.2 Å². The molecule has 0 heterocycles. The molecule has 0 aliphatic rings. The van der Waals surface area contributed by atoms with Crippen molar-refractivity contribution in [1.82, 2.24) is 9.21 Å². The minimum atomic E-state index is -3.44. The zero-order chi connectivity index (χ0) is 15.3. The molecule has 0 aliphatic heterocycles. The first kappa shape index (κ1) is 17.0. The second-order valence-corrected chi connectivity index (χ2v) is 7.49. The molecule has 0 saturated carbocycles. The van der Waals surface area contributed by atoms with Crippen molar-refractivity contribution >= 4 is 27.2 Å². The standard InChI is InChI=1S/C13H21N3O2S2/c1-15(2)8-9-16(3)20(17,18)12-6-4-11(5-7-12)10-13(14)19/h4-7H,8-10H2,1-3H3,(H2,14,19). The van der Waals surface area contributed by atoms with E-state index in [0.29, 0.717) is 24.5 Å². The topological polar surface area (TPSA) is 66.6 Å². The second kappa shape index (κ2) is 7.12. The Morgan fingerprint density at radius 2 is 1.70 bits per heavy atom. The Balaban J connectivity index is 2.84. The van der Waals surface area contributed by atoms with E-state index in [9.17, 15) is 8.42 Å². The highest BCUT2D eigenvalue weighted by Gasteiger charge is 2.20. The minimum Gasteiger partial charge on any atom is -0.393 e. The number of benzene rings is 1. The Kier molecular flexibility index (Phi) is 6.07. The lowest BCUT2D eigenvalue weighted by atomic mass is 10.1. The fourth-order valence-corrected chi connectivity index (χ4v) is 2.95. The zero-order valence-electron chi connectivity index (χ0n) is 12.0. The normalized spacial score (nSPS) is 12.1. The number of thiocarbonyl (C=S) groups is 1. The fraction of sp³-hybridized carbons (Fsp3) is 0.462. The number of rotatable bonds is 7. The largest absolute Gasteiger partial charge is 0.393 e. The van der Waals surface area contributed by atoms with E-state index < -0.39 is 10.0 Å². The minimum absolute atomic E-state index is 0.283. The van der Waals surface area contributed by atoms with Crippen LogP contribution in [-0.2, 0) is 16.4 Å². The molecule has 1 rings (SSSR count). The van der Waals surface area contributed by atoms with Gasteiger partial charge >= 0.3 is 0 Å². The molecule has 0 bridgehead atoms. The third-order valence-electron chi connectivity index (χ3n) is 2.87. The number of likely N-dealkylation sites (N-methyl/N-ethyl adjacent to an activating group) is 2. The van der Waals surface area contributed by atoms with E-state index in [1.807, 2.05) is 19.0 Å². The molecule has 0 saturated heterocycles. The van der Waals surface area contributed by atoms with E-state index in [4.69, 9.17) is 18.0 Å². The second-order valence-electron chi connectivity index (χ2n) is 4.92. The Morgan fingerprint density at radius 3 is 2.15 bits per heavy atom. The van der Waals surface area contributed by atoms with Crippen molar-refractivity contribution in [2.45, 2.75) is 11.3 Å². The van der Waals surface area contributed by atoms with E-state index in [0.717, 1.165) is 5.56 Å². The van der Waals surface area contributed by atoms with Crippen LogP contribution in [0.5, 0.6) is 0 Å². The Morgan fingerprint density at radius 1 is 1.15 bits per heavy atom. The summed E-state index contributed by atoms with van der Waals surface area (Å²) in [6.07, 6.45) is 0.478. The van der Waals surface area contributed by atoms with Crippen molar-refractivity contribution in [2.75, 3.05) is 34.2 Å². The summed E-state index contributed by atoms with van der Waals surface area (Å²) in [7, 11) is 1.96. The van der Waals surface area contributed by atoms with Crippen LogP contribution in [-0.4, -0.2) is 56.8 Å². The third-order valence-corrected chi connectivity index (χ3v) is 4.89. The van der Waals surface area contributed by atoms with E-state index in [1.165, 1.54) is 4.31 Å². The quantitative estimate of drug-likeness (QED) is 0.750. The van der Waals surface area contributed by atoms with Gasteiger partial charge in [0.05, 0.1) is 9.88 Å². The predicted molar refractivity (Wildman–Crippen MR) is 85.3 cm³/mol. The molecule has 5 nitrogen and oxygen atoms in total. The van der Waals surface area contributed by atoms with Crippen molar-refractivity contribution in [1.29, 1.82) is 0 Å². The summed E-state index contributed by atoms with van der Waals surface area (Å²) < 4.78 is 26.0. The van der Waals surface area contributed by atoms with Crippen LogP contribution in [0.1, 0.15) is 5.56 Å². The van der Waals surface area contributed by atoms with Gasteiger partial charge in [0.25, 0.3) is 0 Å². The summed E-state index contributed by atoms with van der Waals surface area (Å²) in [5.74, 6) is 0. The van der Waals surface area contributed by atoms with Gasteiger partial charge in [-0.15, -0.1) is 0 Å². The molecule has 0 fully saturated rings. The highest BCUT2D eigenvalue weighted by molar-refractivity contribution is 7.89. The summed E-state index contributed by atoms with van der Waals surface area (Å²) in [6, 6.07) is 6.67. The molecule has 0 atom stereocenters. The van der Waals surface area contributed by atoms with Gasteiger partial charge in [-0.25, -0.2) is 8.42 Å². The van der Waals surface area contributed by atoms with Gasteiger partial charge in [-0.05, 0) is 31.8 Å². The number of nitrogens with zero attached hydrogens (tertiary/aromatic N) is 2. The lowest BCUT2D eigenvalue weighted by Gasteiger charge is -2.19. The first-order valence-electron chi connectivity index (χ1n) is 6.22. The van der Waals surface area contributed by atoms with Gasteiger partial charge in [-0.3, -0.25) is 0 Å². The van der Waals surface area contributed by atoms with Gasteiger partial charge in [0.1, 0.15) is 0 Å². The molecule has 0 unspecified atom stereocenters. The van der Waals surface area contributed by atoms with Crippen LogP contribution in [0.3, 0.4) is 0 Å². The highest BCUT2D eigenvalue weighted by atomic mass is 32.2. The number of sulfonamides is 1. The summed E-state index contributed by atoms with van der Waals surface area (Å²) in [5, 5.41) is 0. The maximum Gasteiger partial charge on any atom is 0.242 e. The van der Waals surface area contributed by atoms with Crippen LogP contribution in [0.4, 0.5) is 0 Å². The molecule has 2 N–H and O–H groups in total. The molecule has 20 heavy (non-hydrogen) atoms. The molecular weight excluding hydrogens is 294 g/mol. The molecule has 1 aromatic rings. The van der Waals surface area contributed by atoms with E-state index in [1.54, 1.807) is 31.3 Å². The van der Waals surface area contributed by atoms with E-state index in [-0.39, 0.29) is 4.90 Å². The van der Waals surface area contributed by atoms with Crippen molar-refractivity contribution in [3.8, 4) is 0 Å². The summed E-state index contributed by atoms with van der Waals surface area (Å²) in [4.78, 5) is 2.62. The fourth-order valence-electron chi connectivity index (χ4n) is 1.62. The molecule has 0 aromatic heterocycles. The van der Waals surface area contributed by atoms with Crippen LogP contribution in [0.2, 0.25) is 0 Å². The van der Waals surface area contributed by atoms with Crippen LogP contribution < -0.4 is 5.73 Å². The van der Waals surface area contributed by atoms with E-state index in [2.05, 4.69) is 0 Å². The summed E-state index contributed by atoms with van der Waals surface area (Å²) in [5.41, 5.74) is 6.37. The van der Waals surface area contributed by atoms with Crippen LogP contribution >= 0.6 is 12.2 Å². The van der Waals surface area contributed by atoms with Crippen molar-refractivity contribution in [2.24, 2.45) is 5.73 Å². The lowest BCUT2D eigenvalue weighted by Crippen LogP contribution is -2.33. The zero-order valence-corrected chi connectivity index (χ0v) is 13.7.